The van der Waals surface area contributed by atoms with Gasteiger partial charge in [0.25, 0.3) is 0 Å². The van der Waals surface area contributed by atoms with Crippen LogP contribution in [0.25, 0.3) is 0 Å². The zero-order valence-corrected chi connectivity index (χ0v) is 10.7. The van der Waals surface area contributed by atoms with Crippen LogP contribution < -0.4 is 10.6 Å². The van der Waals surface area contributed by atoms with E-state index in [4.69, 9.17) is 23.2 Å². The van der Waals surface area contributed by atoms with E-state index in [1.807, 2.05) is 0 Å². The zero-order valence-electron chi connectivity index (χ0n) is 9.23. The number of rotatable bonds is 9. The Balaban J connectivity index is 2.98. The monoisotopic (exact) mass is 268 g/mol. The number of amides is 2. The Labute approximate surface area is 106 Å². The molecule has 0 aliphatic heterocycles. The first-order valence-electron chi connectivity index (χ1n) is 5.49. The molecule has 0 fully saturated rings. The maximum absolute atomic E-state index is 10.3. The van der Waals surface area contributed by atoms with Gasteiger partial charge >= 0.3 is 10.7 Å². The van der Waals surface area contributed by atoms with Crippen LogP contribution in [0.2, 0.25) is 0 Å². The highest BCUT2D eigenvalue weighted by Gasteiger charge is 1.95. The van der Waals surface area contributed by atoms with Crippen LogP contribution in [0.15, 0.2) is 0 Å². The number of hydrogen-bond acceptors (Lipinski definition) is 2. The van der Waals surface area contributed by atoms with Gasteiger partial charge in [0.1, 0.15) is 0 Å². The Morgan fingerprint density at radius 3 is 1.31 bits per heavy atom. The molecule has 0 aromatic rings. The van der Waals surface area contributed by atoms with Crippen LogP contribution in [0, 0.1) is 0 Å². The van der Waals surface area contributed by atoms with E-state index in [1.165, 1.54) is 0 Å². The van der Waals surface area contributed by atoms with Crippen LogP contribution in [0.1, 0.15) is 38.5 Å². The number of carbonyl (C=O) groups is 2. The Kier molecular flexibility index (Phi) is 10.7. The average molecular weight is 269 g/mol. The molecule has 0 spiro atoms. The summed E-state index contributed by atoms with van der Waals surface area (Å²) in [6.45, 7) is 1.29. The number of carbonyl (C=O) groups excluding carboxylic acids is 2. The van der Waals surface area contributed by atoms with E-state index in [1.54, 1.807) is 0 Å². The predicted molar refractivity (Wildman–Crippen MR) is 66.2 cm³/mol. The van der Waals surface area contributed by atoms with E-state index in [-0.39, 0.29) is 0 Å². The number of hydrogen-bond donors (Lipinski definition) is 2. The first-order valence-corrected chi connectivity index (χ1v) is 6.25. The second kappa shape index (κ2) is 11.0. The van der Waals surface area contributed by atoms with Crippen molar-refractivity contribution in [3.63, 3.8) is 0 Å². The third kappa shape index (κ3) is 13.5. The quantitative estimate of drug-likeness (QED) is 0.383. The van der Waals surface area contributed by atoms with Crippen LogP contribution in [0.4, 0.5) is 9.59 Å². The van der Waals surface area contributed by atoms with Crippen molar-refractivity contribution in [1.82, 2.24) is 10.6 Å². The molecule has 94 valence electrons. The molecule has 0 aliphatic rings. The van der Waals surface area contributed by atoms with E-state index < -0.39 is 10.7 Å². The Morgan fingerprint density at radius 1 is 0.688 bits per heavy atom. The molecule has 0 aromatic heterocycles. The van der Waals surface area contributed by atoms with E-state index in [9.17, 15) is 9.59 Å². The summed E-state index contributed by atoms with van der Waals surface area (Å²) < 4.78 is 0. The van der Waals surface area contributed by atoms with Crippen molar-refractivity contribution in [2.75, 3.05) is 13.1 Å². The molecule has 0 aliphatic carbocycles. The molecular weight excluding hydrogens is 251 g/mol. The molecule has 6 heteroatoms. The molecule has 0 aromatic carbocycles. The minimum absolute atomic E-state index is 0.489. The Bertz CT molecular complexity index is 191. The fourth-order valence-corrected chi connectivity index (χ4v) is 1.52. The molecule has 2 N–H and O–H groups in total. The highest BCUT2D eigenvalue weighted by molar-refractivity contribution is 6.63. The summed E-state index contributed by atoms with van der Waals surface area (Å²) in [4.78, 5) is 20.6. The van der Waals surface area contributed by atoms with E-state index in [2.05, 4.69) is 10.6 Å². The molecule has 0 saturated heterocycles. The van der Waals surface area contributed by atoms with Gasteiger partial charge in [-0.25, -0.2) is 0 Å². The SMILES string of the molecule is O=C(Cl)NCCCCCCCCNC(=O)Cl. The van der Waals surface area contributed by atoms with Crippen LogP contribution in [-0.2, 0) is 0 Å². The molecule has 0 rings (SSSR count). The predicted octanol–water partition coefficient (Wildman–Crippen LogP) is 3.22. The summed E-state index contributed by atoms with van der Waals surface area (Å²) in [5.41, 5.74) is 0. The normalized spacial score (nSPS) is 9.88. The number of nitrogens with one attached hydrogen (secondary N) is 2. The molecule has 0 heterocycles. The standard InChI is InChI=1S/C10H18Cl2N2O2/c11-9(15)13-7-5-3-1-2-4-6-8-14-10(12)16/h1-8H2,(H,13,15)(H,14,16). The van der Waals surface area contributed by atoms with Gasteiger partial charge in [-0.1, -0.05) is 25.7 Å². The summed E-state index contributed by atoms with van der Waals surface area (Å²) in [5, 5.41) is 4.09. The third-order valence-electron chi connectivity index (χ3n) is 2.13. The van der Waals surface area contributed by atoms with Gasteiger partial charge in [-0.3, -0.25) is 9.59 Å². The molecule has 0 atom stereocenters. The maximum Gasteiger partial charge on any atom is 0.313 e. The van der Waals surface area contributed by atoms with Crippen LogP contribution in [0.3, 0.4) is 0 Å². The summed E-state index contributed by atoms with van der Waals surface area (Å²) >= 11 is 10.2. The lowest BCUT2D eigenvalue weighted by Gasteiger charge is -2.02. The van der Waals surface area contributed by atoms with Crippen molar-refractivity contribution in [2.45, 2.75) is 38.5 Å². The van der Waals surface area contributed by atoms with Crippen molar-refractivity contribution in [2.24, 2.45) is 0 Å². The molecule has 16 heavy (non-hydrogen) atoms. The van der Waals surface area contributed by atoms with E-state index in [0.29, 0.717) is 13.1 Å². The average Bonchev–Trinajstić information content (AvgIpc) is 2.20. The second-order valence-electron chi connectivity index (χ2n) is 3.52. The fraction of sp³-hybridized carbons (Fsp3) is 0.800. The first kappa shape index (κ1) is 15.5. The lowest BCUT2D eigenvalue weighted by atomic mass is 10.1. The van der Waals surface area contributed by atoms with Crippen LogP contribution in [-0.4, -0.2) is 23.8 Å². The topological polar surface area (TPSA) is 58.2 Å². The fourth-order valence-electron chi connectivity index (χ4n) is 1.33. The summed E-state index contributed by atoms with van der Waals surface area (Å²) in [6, 6.07) is 0. The highest BCUT2D eigenvalue weighted by atomic mass is 35.5. The molecule has 0 saturated carbocycles. The van der Waals surface area contributed by atoms with E-state index in [0.717, 1.165) is 38.5 Å². The van der Waals surface area contributed by atoms with Gasteiger partial charge in [0, 0.05) is 13.1 Å². The van der Waals surface area contributed by atoms with Crippen molar-refractivity contribution in [3.05, 3.63) is 0 Å². The molecule has 0 radical (unpaired) electrons. The van der Waals surface area contributed by atoms with Gasteiger partial charge < -0.3 is 10.6 Å². The highest BCUT2D eigenvalue weighted by Crippen LogP contribution is 2.04. The minimum Gasteiger partial charge on any atom is -0.343 e. The Hall–Kier alpha value is -0.480. The van der Waals surface area contributed by atoms with Gasteiger partial charge in [-0.05, 0) is 36.0 Å². The second-order valence-corrected chi connectivity index (χ2v) is 4.21. The zero-order chi connectivity index (χ0) is 12.2. The molecule has 0 bridgehead atoms. The van der Waals surface area contributed by atoms with Gasteiger partial charge in [0.2, 0.25) is 0 Å². The van der Waals surface area contributed by atoms with E-state index >= 15 is 0 Å². The van der Waals surface area contributed by atoms with Crippen molar-refractivity contribution in [1.29, 1.82) is 0 Å². The van der Waals surface area contributed by atoms with Crippen LogP contribution >= 0.6 is 23.2 Å². The molecular formula is C10H18Cl2N2O2. The lowest BCUT2D eigenvalue weighted by molar-refractivity contribution is 0.258. The minimum atomic E-state index is -0.489. The van der Waals surface area contributed by atoms with Crippen molar-refractivity contribution >= 4 is 33.9 Å². The summed E-state index contributed by atoms with van der Waals surface area (Å²) in [6.07, 6.45) is 6.34. The van der Waals surface area contributed by atoms with Gasteiger partial charge in [-0.2, -0.15) is 0 Å². The third-order valence-corrected chi connectivity index (χ3v) is 2.40. The first-order chi connectivity index (χ1) is 7.63. The molecule has 0 unspecified atom stereocenters. The van der Waals surface area contributed by atoms with Crippen molar-refractivity contribution < 1.29 is 9.59 Å². The summed E-state index contributed by atoms with van der Waals surface area (Å²) in [5.74, 6) is 0. The van der Waals surface area contributed by atoms with Crippen molar-refractivity contribution in [3.8, 4) is 0 Å². The van der Waals surface area contributed by atoms with Gasteiger partial charge in [-0.15, -0.1) is 0 Å². The number of halogens is 2. The summed E-state index contributed by atoms with van der Waals surface area (Å²) in [7, 11) is 0. The molecule has 4 nitrogen and oxygen atoms in total. The Morgan fingerprint density at radius 2 is 1.00 bits per heavy atom. The lowest BCUT2D eigenvalue weighted by Crippen LogP contribution is -2.17. The van der Waals surface area contributed by atoms with Crippen LogP contribution in [0.5, 0.6) is 0 Å². The maximum atomic E-state index is 10.3. The largest absolute Gasteiger partial charge is 0.343 e. The van der Waals surface area contributed by atoms with Gasteiger partial charge in [0.05, 0.1) is 0 Å². The number of unbranched alkanes of at least 4 members (excludes halogenated alkanes) is 5. The molecule has 2 amide bonds. The smallest absolute Gasteiger partial charge is 0.313 e. The van der Waals surface area contributed by atoms with Gasteiger partial charge in [0.15, 0.2) is 0 Å².